The first-order valence-corrected chi connectivity index (χ1v) is 12.9. The van der Waals surface area contributed by atoms with Gasteiger partial charge < -0.3 is 9.64 Å². The van der Waals surface area contributed by atoms with Gasteiger partial charge in [-0.05, 0) is 117 Å². The van der Waals surface area contributed by atoms with Crippen molar-refractivity contribution in [1.82, 2.24) is 4.90 Å². The van der Waals surface area contributed by atoms with Crippen LogP contribution in [0.4, 0.5) is 0 Å². The van der Waals surface area contributed by atoms with E-state index in [1.54, 1.807) is 0 Å². The second-order valence-corrected chi connectivity index (χ2v) is 10.7. The molecule has 1 aromatic rings. The van der Waals surface area contributed by atoms with Crippen LogP contribution in [0.25, 0.3) is 0 Å². The molecule has 186 valence electrons. The lowest BCUT2D eigenvalue weighted by Crippen LogP contribution is -2.29. The summed E-state index contributed by atoms with van der Waals surface area (Å²) in [6, 6.07) is 0. The van der Waals surface area contributed by atoms with E-state index < -0.39 is 0 Å². The van der Waals surface area contributed by atoms with Crippen LogP contribution in [0.3, 0.4) is 0 Å². The first-order valence-electron chi connectivity index (χ1n) is 12.9. The third kappa shape index (κ3) is 6.61. The zero-order chi connectivity index (χ0) is 24.9. The van der Waals surface area contributed by atoms with Crippen molar-refractivity contribution in [1.29, 1.82) is 0 Å². The van der Waals surface area contributed by atoms with Gasteiger partial charge in [0.15, 0.2) is 0 Å². The Balaban J connectivity index is 2.04. The molecule has 0 aliphatic heterocycles. The summed E-state index contributed by atoms with van der Waals surface area (Å²) in [4.78, 5) is 26.7. The number of nitrogens with zero attached hydrogens (tertiary/aromatic N) is 1. The first kappa shape index (κ1) is 27.4. The van der Waals surface area contributed by atoms with Crippen LogP contribution in [0.1, 0.15) is 92.2 Å². The summed E-state index contributed by atoms with van der Waals surface area (Å²) in [5, 5.41) is 0. The maximum Gasteiger partial charge on any atom is 0.305 e. The van der Waals surface area contributed by atoms with Crippen molar-refractivity contribution in [3.63, 3.8) is 0 Å². The number of hydrogen-bond donors (Lipinski definition) is 0. The third-order valence-corrected chi connectivity index (χ3v) is 9.02. The molecule has 1 fully saturated rings. The van der Waals surface area contributed by atoms with E-state index in [1.165, 1.54) is 53.3 Å². The fourth-order valence-corrected chi connectivity index (χ4v) is 5.89. The molecule has 1 unspecified atom stereocenters. The molecule has 2 rings (SSSR count). The lowest BCUT2D eigenvalue weighted by atomic mass is 9.77. The van der Waals surface area contributed by atoms with Gasteiger partial charge in [0.05, 0.1) is 7.11 Å². The minimum absolute atomic E-state index is 0.133. The molecule has 0 aromatic heterocycles. The SMILES string of the molecule is COC(=O)CCCC(CCC(=O)N(C)Cc1c(C)c(C)c(C)c(C)c1C)[C@H]1CC[C@@H](C)[C@H]1C. The van der Waals surface area contributed by atoms with Gasteiger partial charge in [0.25, 0.3) is 0 Å². The smallest absolute Gasteiger partial charge is 0.305 e. The molecule has 0 N–H and O–H groups in total. The maximum atomic E-state index is 13.2. The molecule has 0 radical (unpaired) electrons. The molecular weight excluding hydrogens is 410 g/mol. The van der Waals surface area contributed by atoms with Crippen molar-refractivity contribution in [2.75, 3.05) is 14.2 Å². The average Bonchev–Trinajstić information content (AvgIpc) is 3.13. The first-order chi connectivity index (χ1) is 15.5. The standard InChI is InChI=1S/C29H47NO3/c1-18-13-15-26(19(18)2)25(11-10-12-29(32)33-9)14-16-28(31)30(8)17-27-23(6)21(4)20(3)22(5)24(27)7/h18-19,25-26H,10-17H2,1-9H3/t18-,19-,25?,26+/m1/s1. The molecular formula is C29H47NO3. The van der Waals surface area contributed by atoms with Gasteiger partial charge in [0.2, 0.25) is 5.91 Å². The van der Waals surface area contributed by atoms with Crippen LogP contribution in [0, 0.1) is 58.3 Å². The van der Waals surface area contributed by atoms with Crippen LogP contribution in [0.2, 0.25) is 0 Å². The van der Waals surface area contributed by atoms with E-state index in [2.05, 4.69) is 48.5 Å². The van der Waals surface area contributed by atoms with Crippen LogP contribution in [-0.4, -0.2) is 30.9 Å². The highest BCUT2D eigenvalue weighted by molar-refractivity contribution is 5.76. The molecule has 0 saturated heterocycles. The summed E-state index contributed by atoms with van der Waals surface area (Å²) < 4.78 is 4.83. The Hall–Kier alpha value is -1.84. The van der Waals surface area contributed by atoms with Crippen LogP contribution in [-0.2, 0) is 20.9 Å². The lowest BCUT2D eigenvalue weighted by Gasteiger charge is -2.29. The van der Waals surface area contributed by atoms with E-state index >= 15 is 0 Å². The monoisotopic (exact) mass is 457 g/mol. The van der Waals surface area contributed by atoms with Crippen molar-refractivity contribution < 1.29 is 14.3 Å². The predicted molar refractivity (Wildman–Crippen MR) is 136 cm³/mol. The number of carbonyl (C=O) groups is 2. The normalized spacial score (nSPS) is 21.2. The Morgan fingerprint density at radius 1 is 0.909 bits per heavy atom. The van der Waals surface area contributed by atoms with Crippen LogP contribution in [0.15, 0.2) is 0 Å². The highest BCUT2D eigenvalue weighted by Crippen LogP contribution is 2.44. The topological polar surface area (TPSA) is 46.6 Å². The number of methoxy groups -OCH3 is 1. The van der Waals surface area contributed by atoms with E-state index in [1.807, 2.05) is 11.9 Å². The van der Waals surface area contributed by atoms with Gasteiger partial charge in [0.1, 0.15) is 0 Å². The van der Waals surface area contributed by atoms with E-state index in [-0.39, 0.29) is 11.9 Å². The molecule has 0 heterocycles. The van der Waals surface area contributed by atoms with Gasteiger partial charge in [-0.1, -0.05) is 20.3 Å². The molecule has 1 aliphatic carbocycles. The van der Waals surface area contributed by atoms with E-state index in [0.717, 1.165) is 25.2 Å². The molecule has 1 aromatic carbocycles. The van der Waals surface area contributed by atoms with Crippen LogP contribution in [0.5, 0.6) is 0 Å². The number of esters is 1. The Morgan fingerprint density at radius 3 is 2.00 bits per heavy atom. The number of rotatable bonds is 10. The Labute approximate surface area is 202 Å². The van der Waals surface area contributed by atoms with E-state index in [9.17, 15) is 9.59 Å². The highest BCUT2D eigenvalue weighted by Gasteiger charge is 2.35. The largest absolute Gasteiger partial charge is 0.469 e. The molecule has 4 heteroatoms. The molecule has 0 bridgehead atoms. The Bertz CT molecular complexity index is 815. The van der Waals surface area contributed by atoms with Crippen molar-refractivity contribution >= 4 is 11.9 Å². The third-order valence-electron chi connectivity index (χ3n) is 9.02. The quantitative estimate of drug-likeness (QED) is 0.371. The minimum atomic E-state index is -0.133. The second-order valence-electron chi connectivity index (χ2n) is 10.7. The Kier molecular flexibility index (Phi) is 10.00. The summed E-state index contributed by atoms with van der Waals surface area (Å²) in [5.41, 5.74) is 7.94. The second kappa shape index (κ2) is 12.0. The molecule has 0 spiro atoms. The van der Waals surface area contributed by atoms with Gasteiger partial charge >= 0.3 is 5.97 Å². The molecule has 4 nitrogen and oxygen atoms in total. The number of amides is 1. The molecule has 1 amide bonds. The van der Waals surface area contributed by atoms with Gasteiger partial charge in [0, 0.05) is 26.4 Å². The van der Waals surface area contributed by atoms with Crippen LogP contribution >= 0.6 is 0 Å². The van der Waals surface area contributed by atoms with Gasteiger partial charge in [-0.3, -0.25) is 9.59 Å². The van der Waals surface area contributed by atoms with Crippen molar-refractivity contribution in [2.45, 2.75) is 100.0 Å². The fourth-order valence-electron chi connectivity index (χ4n) is 5.89. The Morgan fingerprint density at radius 2 is 1.48 bits per heavy atom. The van der Waals surface area contributed by atoms with Crippen molar-refractivity contribution in [2.24, 2.45) is 23.7 Å². The predicted octanol–water partition coefficient (Wildman–Crippen LogP) is 6.61. The molecule has 1 saturated carbocycles. The number of hydrogen-bond acceptors (Lipinski definition) is 3. The molecule has 4 atom stereocenters. The van der Waals surface area contributed by atoms with Crippen molar-refractivity contribution in [3.8, 4) is 0 Å². The fraction of sp³-hybridized carbons (Fsp3) is 0.724. The number of carbonyl (C=O) groups excluding carboxylic acids is 2. The highest BCUT2D eigenvalue weighted by atomic mass is 16.5. The van der Waals surface area contributed by atoms with Gasteiger partial charge in [-0.15, -0.1) is 0 Å². The summed E-state index contributed by atoms with van der Waals surface area (Å²) in [6.45, 7) is 16.3. The van der Waals surface area contributed by atoms with Crippen LogP contribution < -0.4 is 0 Å². The summed E-state index contributed by atoms with van der Waals surface area (Å²) >= 11 is 0. The summed E-state index contributed by atoms with van der Waals surface area (Å²) in [6.07, 6.45) is 6.34. The number of benzene rings is 1. The van der Waals surface area contributed by atoms with E-state index in [4.69, 9.17) is 4.74 Å². The maximum absolute atomic E-state index is 13.2. The number of ether oxygens (including phenoxy) is 1. The molecule has 1 aliphatic rings. The average molecular weight is 458 g/mol. The van der Waals surface area contributed by atoms with Gasteiger partial charge in [-0.25, -0.2) is 0 Å². The minimum Gasteiger partial charge on any atom is -0.469 e. The zero-order valence-electron chi connectivity index (χ0n) is 22.6. The summed E-state index contributed by atoms with van der Waals surface area (Å²) in [7, 11) is 3.40. The van der Waals surface area contributed by atoms with Crippen molar-refractivity contribution in [3.05, 3.63) is 33.4 Å². The molecule has 33 heavy (non-hydrogen) atoms. The summed E-state index contributed by atoms with van der Waals surface area (Å²) in [5.74, 6) is 2.68. The van der Waals surface area contributed by atoms with Gasteiger partial charge in [-0.2, -0.15) is 0 Å². The lowest BCUT2D eigenvalue weighted by molar-refractivity contribution is -0.140. The zero-order valence-corrected chi connectivity index (χ0v) is 22.6. The van der Waals surface area contributed by atoms with E-state index in [0.29, 0.717) is 37.1 Å².